The van der Waals surface area contributed by atoms with Crippen LogP contribution in [0.3, 0.4) is 0 Å². The highest BCUT2D eigenvalue weighted by atomic mass is 32.1. The number of hydrogen-bond donors (Lipinski definition) is 2. The summed E-state index contributed by atoms with van der Waals surface area (Å²) in [6, 6.07) is 6.51. The van der Waals surface area contributed by atoms with Gasteiger partial charge in [-0.3, -0.25) is 0 Å². The van der Waals surface area contributed by atoms with E-state index in [0.717, 1.165) is 12.1 Å². The second-order valence-corrected chi connectivity index (χ2v) is 6.95. The van der Waals surface area contributed by atoms with E-state index in [-0.39, 0.29) is 6.10 Å². The first kappa shape index (κ1) is 18.2. The van der Waals surface area contributed by atoms with Gasteiger partial charge >= 0.3 is 0 Å². The Balaban J connectivity index is 1.81. The number of unbranched alkanes of at least 4 members (excludes halogenated alkanes) is 1. The standard InChI is InChI=1S/C18H28N2O2S/c1-5-6-7-14-8-9-16(13(2)10-14)20-17(23)19-11-15-12-21-18(3,4)22-15/h8-10,15H,5-7,11-12H2,1-4H3,(H2,19,20,23). The van der Waals surface area contributed by atoms with Crippen molar-refractivity contribution in [1.82, 2.24) is 5.32 Å². The zero-order chi connectivity index (χ0) is 16.9. The molecule has 0 radical (unpaired) electrons. The third-order valence-corrected chi connectivity index (χ3v) is 4.16. The predicted molar refractivity (Wildman–Crippen MR) is 98.9 cm³/mol. The molecule has 1 aromatic rings. The topological polar surface area (TPSA) is 42.5 Å². The van der Waals surface area contributed by atoms with Crippen LogP contribution < -0.4 is 10.6 Å². The van der Waals surface area contributed by atoms with Crippen LogP contribution in [-0.4, -0.2) is 30.2 Å². The van der Waals surface area contributed by atoms with Gasteiger partial charge in [0.25, 0.3) is 0 Å². The van der Waals surface area contributed by atoms with Gasteiger partial charge in [0.1, 0.15) is 6.10 Å². The number of benzene rings is 1. The predicted octanol–water partition coefficient (Wildman–Crippen LogP) is 3.78. The van der Waals surface area contributed by atoms with Crippen molar-refractivity contribution in [2.24, 2.45) is 0 Å². The highest BCUT2D eigenvalue weighted by Crippen LogP contribution is 2.22. The first-order valence-electron chi connectivity index (χ1n) is 8.36. The smallest absolute Gasteiger partial charge is 0.170 e. The number of anilines is 1. The van der Waals surface area contributed by atoms with Crippen LogP contribution >= 0.6 is 12.2 Å². The first-order chi connectivity index (χ1) is 10.9. The molecular formula is C18H28N2O2S. The molecule has 2 rings (SSSR count). The average molecular weight is 337 g/mol. The molecule has 23 heavy (non-hydrogen) atoms. The van der Waals surface area contributed by atoms with Gasteiger partial charge in [-0.2, -0.15) is 0 Å². The average Bonchev–Trinajstić information content (AvgIpc) is 2.85. The Labute approximate surface area is 144 Å². The van der Waals surface area contributed by atoms with Crippen molar-refractivity contribution in [3.8, 4) is 0 Å². The number of nitrogens with one attached hydrogen (secondary N) is 2. The third kappa shape index (κ3) is 5.75. The van der Waals surface area contributed by atoms with Crippen LogP contribution in [0.1, 0.15) is 44.7 Å². The number of rotatable bonds is 6. The van der Waals surface area contributed by atoms with E-state index in [4.69, 9.17) is 21.7 Å². The minimum atomic E-state index is -0.494. The van der Waals surface area contributed by atoms with Gasteiger partial charge in [-0.05, 0) is 63.0 Å². The molecule has 0 spiro atoms. The lowest BCUT2D eigenvalue weighted by atomic mass is 10.0. The summed E-state index contributed by atoms with van der Waals surface area (Å²) in [5.74, 6) is -0.494. The highest BCUT2D eigenvalue weighted by molar-refractivity contribution is 7.80. The molecule has 128 valence electrons. The number of thiocarbonyl (C=S) groups is 1. The fourth-order valence-corrected chi connectivity index (χ4v) is 2.83. The largest absolute Gasteiger partial charge is 0.360 e. The van der Waals surface area contributed by atoms with Crippen LogP contribution in [0.2, 0.25) is 0 Å². The van der Waals surface area contributed by atoms with E-state index in [1.807, 2.05) is 13.8 Å². The van der Waals surface area contributed by atoms with E-state index in [9.17, 15) is 0 Å². The maximum atomic E-state index is 5.75. The molecule has 1 aliphatic heterocycles. The van der Waals surface area contributed by atoms with E-state index >= 15 is 0 Å². The second-order valence-electron chi connectivity index (χ2n) is 6.54. The van der Waals surface area contributed by atoms with Gasteiger partial charge in [0.15, 0.2) is 10.9 Å². The van der Waals surface area contributed by atoms with Crippen LogP contribution in [0.4, 0.5) is 5.69 Å². The summed E-state index contributed by atoms with van der Waals surface area (Å²) in [6.07, 6.45) is 3.61. The van der Waals surface area contributed by atoms with Crippen LogP contribution in [0.5, 0.6) is 0 Å². The van der Waals surface area contributed by atoms with E-state index < -0.39 is 5.79 Å². The zero-order valence-corrected chi connectivity index (χ0v) is 15.4. The van der Waals surface area contributed by atoms with E-state index in [1.165, 1.54) is 24.0 Å². The Bertz CT molecular complexity index is 546. The van der Waals surface area contributed by atoms with Crippen LogP contribution in [0, 0.1) is 6.92 Å². The molecule has 1 fully saturated rings. The Hall–Kier alpha value is -1.17. The van der Waals surface area contributed by atoms with Crippen LogP contribution in [0.25, 0.3) is 0 Å². The van der Waals surface area contributed by atoms with E-state index in [0.29, 0.717) is 18.3 Å². The molecule has 1 heterocycles. The Morgan fingerprint density at radius 2 is 2.17 bits per heavy atom. The summed E-state index contributed by atoms with van der Waals surface area (Å²) in [7, 11) is 0. The number of aryl methyl sites for hydroxylation is 2. The number of hydrogen-bond acceptors (Lipinski definition) is 3. The number of ether oxygens (including phenoxy) is 2. The van der Waals surface area contributed by atoms with Crippen LogP contribution in [0.15, 0.2) is 18.2 Å². The SMILES string of the molecule is CCCCc1ccc(NC(=S)NCC2COC(C)(C)O2)c(C)c1. The van der Waals surface area contributed by atoms with Crippen molar-refractivity contribution >= 4 is 23.0 Å². The molecule has 0 saturated carbocycles. The van der Waals surface area contributed by atoms with Gasteiger partial charge < -0.3 is 20.1 Å². The summed E-state index contributed by atoms with van der Waals surface area (Å²) in [5, 5.41) is 7.08. The molecule has 1 atom stereocenters. The monoisotopic (exact) mass is 336 g/mol. The second kappa shape index (κ2) is 8.08. The summed E-state index contributed by atoms with van der Waals surface area (Å²) in [6.45, 7) is 9.40. The van der Waals surface area contributed by atoms with Crippen molar-refractivity contribution in [3.05, 3.63) is 29.3 Å². The van der Waals surface area contributed by atoms with E-state index in [2.05, 4.69) is 42.7 Å². The lowest BCUT2D eigenvalue weighted by Crippen LogP contribution is -2.36. The summed E-state index contributed by atoms with van der Waals surface area (Å²) >= 11 is 5.37. The molecule has 0 aromatic heterocycles. The van der Waals surface area contributed by atoms with E-state index in [1.54, 1.807) is 0 Å². The third-order valence-electron chi connectivity index (χ3n) is 3.92. The molecule has 2 N–H and O–H groups in total. The van der Waals surface area contributed by atoms with Gasteiger partial charge in [0.05, 0.1) is 6.61 Å². The fraction of sp³-hybridized carbons (Fsp3) is 0.611. The Morgan fingerprint density at radius 1 is 1.39 bits per heavy atom. The summed E-state index contributed by atoms with van der Waals surface area (Å²) in [5.41, 5.74) is 3.64. The molecule has 1 aliphatic rings. The molecular weight excluding hydrogens is 308 g/mol. The van der Waals surface area contributed by atoms with Crippen molar-refractivity contribution in [1.29, 1.82) is 0 Å². The Kier molecular flexibility index (Phi) is 6.39. The maximum absolute atomic E-state index is 5.75. The van der Waals surface area contributed by atoms with Crippen molar-refractivity contribution < 1.29 is 9.47 Å². The Morgan fingerprint density at radius 3 is 2.78 bits per heavy atom. The summed E-state index contributed by atoms with van der Waals surface area (Å²) < 4.78 is 11.3. The van der Waals surface area contributed by atoms with Gasteiger partial charge in [0.2, 0.25) is 0 Å². The molecule has 1 saturated heterocycles. The lowest BCUT2D eigenvalue weighted by Gasteiger charge is -2.18. The molecule has 0 aliphatic carbocycles. The molecule has 1 aromatic carbocycles. The van der Waals surface area contributed by atoms with Crippen molar-refractivity contribution in [3.63, 3.8) is 0 Å². The molecule has 1 unspecified atom stereocenters. The molecule has 4 nitrogen and oxygen atoms in total. The highest BCUT2D eigenvalue weighted by Gasteiger charge is 2.32. The van der Waals surface area contributed by atoms with Crippen molar-refractivity contribution in [2.75, 3.05) is 18.5 Å². The minimum Gasteiger partial charge on any atom is -0.360 e. The zero-order valence-electron chi connectivity index (χ0n) is 14.6. The first-order valence-corrected chi connectivity index (χ1v) is 8.76. The maximum Gasteiger partial charge on any atom is 0.170 e. The normalized spacial score (nSPS) is 19.6. The quantitative estimate of drug-likeness (QED) is 0.774. The van der Waals surface area contributed by atoms with Gasteiger partial charge in [0, 0.05) is 12.2 Å². The molecule has 5 heteroatoms. The minimum absolute atomic E-state index is 0.0299. The van der Waals surface area contributed by atoms with Crippen LogP contribution in [-0.2, 0) is 15.9 Å². The van der Waals surface area contributed by atoms with Gasteiger partial charge in [-0.25, -0.2) is 0 Å². The van der Waals surface area contributed by atoms with Crippen molar-refractivity contribution in [2.45, 2.75) is 58.8 Å². The summed E-state index contributed by atoms with van der Waals surface area (Å²) in [4.78, 5) is 0. The molecule has 0 bridgehead atoms. The fourth-order valence-electron chi connectivity index (χ4n) is 2.64. The van der Waals surface area contributed by atoms with Gasteiger partial charge in [-0.15, -0.1) is 0 Å². The molecule has 0 amide bonds. The lowest BCUT2D eigenvalue weighted by molar-refractivity contribution is -0.137. The van der Waals surface area contributed by atoms with Gasteiger partial charge in [-0.1, -0.05) is 25.5 Å².